The van der Waals surface area contributed by atoms with Crippen LogP contribution in [0.15, 0.2) is 12.3 Å². The van der Waals surface area contributed by atoms with E-state index in [9.17, 15) is 18.0 Å². The molecule has 0 amide bonds. The molecule has 2 rings (SSSR count). The number of carbonyl (C=O) groups excluding carboxylic acids is 1. The van der Waals surface area contributed by atoms with Gasteiger partial charge in [-0.05, 0) is 0 Å². The van der Waals surface area contributed by atoms with Crippen molar-refractivity contribution in [1.82, 2.24) is 4.98 Å². The molecule has 0 aliphatic rings. The second kappa shape index (κ2) is 4.34. The number of benzene rings is 1. The van der Waals surface area contributed by atoms with Crippen LogP contribution < -0.4 is 5.73 Å². The number of rotatable bonds is 2. The SMILES string of the molecule is COC(=O)C(N)c1c[nH]c2cc(F)c(F)c(F)c12. The number of hydrogen-bond acceptors (Lipinski definition) is 3. The van der Waals surface area contributed by atoms with Gasteiger partial charge < -0.3 is 15.5 Å². The number of hydrogen-bond donors (Lipinski definition) is 2. The minimum atomic E-state index is -1.61. The molecule has 2 aromatic rings. The summed E-state index contributed by atoms with van der Waals surface area (Å²) in [6.07, 6.45) is 1.22. The predicted octanol–water partition coefficient (Wildman–Crippen LogP) is 1.76. The monoisotopic (exact) mass is 258 g/mol. The molecule has 1 aromatic carbocycles. The molecule has 4 nitrogen and oxygen atoms in total. The lowest BCUT2D eigenvalue weighted by atomic mass is 10.1. The Kier molecular flexibility index (Phi) is 3.00. The Morgan fingerprint density at radius 3 is 2.67 bits per heavy atom. The van der Waals surface area contributed by atoms with E-state index in [0.29, 0.717) is 0 Å². The zero-order valence-corrected chi connectivity index (χ0v) is 9.26. The van der Waals surface area contributed by atoms with Crippen LogP contribution >= 0.6 is 0 Å². The fourth-order valence-electron chi connectivity index (χ4n) is 1.72. The quantitative estimate of drug-likeness (QED) is 0.637. The minimum absolute atomic E-state index is 0.00764. The maximum Gasteiger partial charge on any atom is 0.327 e. The Bertz CT molecular complexity index is 624. The summed E-state index contributed by atoms with van der Waals surface area (Å²) in [6.45, 7) is 0. The highest BCUT2D eigenvalue weighted by atomic mass is 19.2. The number of methoxy groups -OCH3 is 1. The van der Waals surface area contributed by atoms with Crippen molar-refractivity contribution in [1.29, 1.82) is 0 Å². The van der Waals surface area contributed by atoms with Crippen molar-refractivity contribution >= 4 is 16.9 Å². The van der Waals surface area contributed by atoms with Crippen LogP contribution in [0.1, 0.15) is 11.6 Å². The van der Waals surface area contributed by atoms with Gasteiger partial charge in [0, 0.05) is 23.2 Å². The third kappa shape index (κ3) is 1.72. The van der Waals surface area contributed by atoms with Crippen LogP contribution in [0, 0.1) is 17.5 Å². The maximum absolute atomic E-state index is 13.6. The molecular weight excluding hydrogens is 249 g/mol. The number of aromatic nitrogens is 1. The third-order valence-electron chi connectivity index (χ3n) is 2.62. The Morgan fingerprint density at radius 2 is 2.06 bits per heavy atom. The molecule has 1 heterocycles. The molecule has 7 heteroatoms. The first-order valence-corrected chi connectivity index (χ1v) is 4.95. The van der Waals surface area contributed by atoms with Gasteiger partial charge in [-0.3, -0.25) is 4.79 Å². The highest BCUT2D eigenvalue weighted by Gasteiger charge is 2.24. The van der Waals surface area contributed by atoms with Gasteiger partial charge in [0.1, 0.15) is 6.04 Å². The van der Waals surface area contributed by atoms with Crippen molar-refractivity contribution < 1.29 is 22.7 Å². The first-order valence-electron chi connectivity index (χ1n) is 4.95. The second-order valence-electron chi connectivity index (χ2n) is 3.65. The molecule has 18 heavy (non-hydrogen) atoms. The van der Waals surface area contributed by atoms with Crippen molar-refractivity contribution in [3.05, 3.63) is 35.3 Å². The van der Waals surface area contributed by atoms with E-state index in [1.54, 1.807) is 0 Å². The minimum Gasteiger partial charge on any atom is -0.468 e. The largest absolute Gasteiger partial charge is 0.468 e. The Hall–Kier alpha value is -2.02. The van der Waals surface area contributed by atoms with Gasteiger partial charge in [-0.1, -0.05) is 0 Å². The lowest BCUT2D eigenvalue weighted by molar-refractivity contribution is -0.142. The number of ether oxygens (including phenoxy) is 1. The highest BCUT2D eigenvalue weighted by Crippen LogP contribution is 2.29. The van der Waals surface area contributed by atoms with Crippen LogP contribution in [0.25, 0.3) is 10.9 Å². The summed E-state index contributed by atoms with van der Waals surface area (Å²) in [4.78, 5) is 13.8. The molecule has 3 N–H and O–H groups in total. The lowest BCUT2D eigenvalue weighted by Crippen LogP contribution is -2.22. The van der Waals surface area contributed by atoms with E-state index in [1.165, 1.54) is 6.20 Å². The highest BCUT2D eigenvalue weighted by molar-refractivity contribution is 5.90. The van der Waals surface area contributed by atoms with Crippen LogP contribution in [-0.2, 0) is 9.53 Å². The predicted molar refractivity (Wildman–Crippen MR) is 57.1 cm³/mol. The van der Waals surface area contributed by atoms with Gasteiger partial charge in [-0.2, -0.15) is 0 Å². The summed E-state index contributed by atoms with van der Waals surface area (Å²) < 4.78 is 44.2. The normalized spacial score (nSPS) is 12.7. The van der Waals surface area contributed by atoms with Gasteiger partial charge in [0.05, 0.1) is 12.6 Å². The van der Waals surface area contributed by atoms with Gasteiger partial charge >= 0.3 is 5.97 Å². The van der Waals surface area contributed by atoms with Crippen molar-refractivity contribution in [2.75, 3.05) is 7.11 Å². The summed E-state index contributed by atoms with van der Waals surface area (Å²) in [5, 5.41) is -0.258. The molecule has 0 aliphatic heterocycles. The van der Waals surface area contributed by atoms with Crippen molar-refractivity contribution in [3.63, 3.8) is 0 Å². The molecule has 1 unspecified atom stereocenters. The summed E-state index contributed by atoms with van der Waals surface area (Å²) in [6, 6.07) is -0.482. The van der Waals surface area contributed by atoms with E-state index in [2.05, 4.69) is 9.72 Å². The molecule has 1 atom stereocenters. The van der Waals surface area contributed by atoms with Crippen LogP contribution in [0.3, 0.4) is 0 Å². The average molecular weight is 258 g/mol. The maximum atomic E-state index is 13.6. The Labute approximate surface area is 99.5 Å². The number of H-pyrrole nitrogens is 1. The topological polar surface area (TPSA) is 68.1 Å². The Morgan fingerprint density at radius 1 is 1.39 bits per heavy atom. The first kappa shape index (κ1) is 12.4. The number of nitrogens with two attached hydrogens (primary N) is 1. The van der Waals surface area contributed by atoms with E-state index in [-0.39, 0.29) is 16.5 Å². The van der Waals surface area contributed by atoms with Crippen molar-refractivity contribution in [3.8, 4) is 0 Å². The van der Waals surface area contributed by atoms with E-state index < -0.39 is 29.5 Å². The molecule has 96 valence electrons. The number of nitrogens with one attached hydrogen (secondary N) is 1. The number of fused-ring (bicyclic) bond motifs is 1. The van der Waals surface area contributed by atoms with Crippen LogP contribution in [0.2, 0.25) is 0 Å². The Balaban J connectivity index is 2.67. The van der Waals surface area contributed by atoms with Crippen LogP contribution in [-0.4, -0.2) is 18.1 Å². The smallest absolute Gasteiger partial charge is 0.327 e. The van der Waals surface area contributed by atoms with E-state index in [1.807, 2.05) is 0 Å². The summed E-state index contributed by atoms with van der Waals surface area (Å²) in [5.74, 6) is -5.12. The summed E-state index contributed by atoms with van der Waals surface area (Å²) in [5.41, 5.74) is 5.56. The number of esters is 1. The number of aromatic amines is 1. The van der Waals surface area contributed by atoms with Crippen LogP contribution in [0.4, 0.5) is 13.2 Å². The first-order chi connectivity index (χ1) is 8.47. The fourth-order valence-corrected chi connectivity index (χ4v) is 1.72. The molecule has 0 radical (unpaired) electrons. The molecule has 0 spiro atoms. The van der Waals surface area contributed by atoms with Gasteiger partial charge in [-0.15, -0.1) is 0 Å². The van der Waals surface area contributed by atoms with E-state index in [0.717, 1.165) is 13.2 Å². The molecule has 0 saturated heterocycles. The van der Waals surface area contributed by atoms with Gasteiger partial charge in [0.2, 0.25) is 0 Å². The lowest BCUT2D eigenvalue weighted by Gasteiger charge is -2.08. The van der Waals surface area contributed by atoms with Crippen molar-refractivity contribution in [2.24, 2.45) is 5.73 Å². The molecular formula is C11H9F3N2O2. The van der Waals surface area contributed by atoms with Gasteiger partial charge in [-0.25, -0.2) is 13.2 Å². The zero-order chi connectivity index (χ0) is 13.4. The van der Waals surface area contributed by atoms with E-state index >= 15 is 0 Å². The number of carbonyl (C=O) groups is 1. The van der Waals surface area contributed by atoms with Crippen LogP contribution in [0.5, 0.6) is 0 Å². The number of halogens is 3. The molecule has 0 bridgehead atoms. The second-order valence-corrected chi connectivity index (χ2v) is 3.65. The summed E-state index contributed by atoms with van der Waals surface area (Å²) >= 11 is 0. The molecule has 0 saturated carbocycles. The van der Waals surface area contributed by atoms with E-state index in [4.69, 9.17) is 5.73 Å². The zero-order valence-electron chi connectivity index (χ0n) is 9.26. The fraction of sp³-hybridized carbons (Fsp3) is 0.182. The standard InChI is InChI=1S/C11H9F3N2O2/c1-18-11(17)10(15)4-3-16-6-2-5(12)8(13)9(14)7(4)6/h2-3,10,16H,15H2,1H3. The summed E-state index contributed by atoms with van der Waals surface area (Å²) in [7, 11) is 1.12. The van der Waals surface area contributed by atoms with Gasteiger partial charge in [0.25, 0.3) is 0 Å². The molecule has 0 fully saturated rings. The van der Waals surface area contributed by atoms with Gasteiger partial charge in [0.15, 0.2) is 17.5 Å². The third-order valence-corrected chi connectivity index (χ3v) is 2.62. The average Bonchev–Trinajstić information content (AvgIpc) is 2.77. The van der Waals surface area contributed by atoms with Crippen molar-refractivity contribution in [2.45, 2.75) is 6.04 Å². The molecule has 0 aliphatic carbocycles. The molecule has 1 aromatic heterocycles.